The summed E-state index contributed by atoms with van der Waals surface area (Å²) < 4.78 is 6.62. The van der Waals surface area contributed by atoms with Gasteiger partial charge in [0.25, 0.3) is 0 Å². The molecule has 0 aromatic carbocycles. The summed E-state index contributed by atoms with van der Waals surface area (Å²) in [6.45, 7) is 8.99. The highest BCUT2D eigenvalue weighted by atomic mass is 79.9. The highest BCUT2D eigenvalue weighted by Gasteiger charge is 2.19. The van der Waals surface area contributed by atoms with Crippen molar-refractivity contribution >= 4 is 21.7 Å². The molecule has 4 nitrogen and oxygen atoms in total. The normalized spacial score (nSPS) is 12.8. The molecule has 0 aliphatic carbocycles. The molecule has 0 saturated heterocycles. The number of aromatic nitrogens is 2. The molecule has 1 aromatic heterocycles. The highest BCUT2D eigenvalue weighted by molar-refractivity contribution is 9.10. The van der Waals surface area contributed by atoms with Gasteiger partial charge < -0.3 is 10.1 Å². The van der Waals surface area contributed by atoms with E-state index < -0.39 is 0 Å². The average Bonchev–Trinajstić information content (AvgIpc) is 2.36. The Balaban J connectivity index is 3.23. The van der Waals surface area contributed by atoms with E-state index in [9.17, 15) is 0 Å². The van der Waals surface area contributed by atoms with Gasteiger partial charge in [-0.1, -0.05) is 20.8 Å². The van der Waals surface area contributed by atoms with Gasteiger partial charge in [-0.05, 0) is 35.2 Å². The van der Waals surface area contributed by atoms with Crippen LogP contribution >= 0.6 is 15.9 Å². The smallest absolute Gasteiger partial charge is 0.159 e. The molecule has 1 aromatic rings. The first-order chi connectivity index (χ1) is 8.54. The molecule has 1 unspecified atom stereocenters. The molecule has 1 atom stereocenters. The molecule has 0 aliphatic heterocycles. The number of anilines is 1. The van der Waals surface area contributed by atoms with Crippen molar-refractivity contribution in [1.82, 2.24) is 9.97 Å². The van der Waals surface area contributed by atoms with Crippen LogP contribution in [0.3, 0.4) is 0 Å². The Kier molecular flexibility index (Phi) is 6.02. The molecule has 5 heteroatoms. The van der Waals surface area contributed by atoms with E-state index in [0.717, 1.165) is 28.2 Å². The number of rotatable bonds is 6. The van der Waals surface area contributed by atoms with E-state index in [1.54, 1.807) is 0 Å². The Morgan fingerprint density at radius 1 is 1.28 bits per heavy atom. The zero-order chi connectivity index (χ0) is 13.7. The third kappa shape index (κ3) is 3.42. The molecule has 1 heterocycles. The Morgan fingerprint density at radius 2 is 1.94 bits per heavy atom. The maximum Gasteiger partial charge on any atom is 0.159 e. The van der Waals surface area contributed by atoms with Crippen molar-refractivity contribution in [1.29, 1.82) is 0 Å². The van der Waals surface area contributed by atoms with E-state index in [2.05, 4.69) is 52.0 Å². The molecule has 0 bridgehead atoms. The Bertz CT molecular complexity index is 396. The molecular formula is C13H22BrN3O. The Morgan fingerprint density at radius 3 is 2.39 bits per heavy atom. The van der Waals surface area contributed by atoms with E-state index in [1.807, 2.05) is 14.0 Å². The van der Waals surface area contributed by atoms with E-state index >= 15 is 0 Å². The number of ether oxygens (including phenoxy) is 1. The van der Waals surface area contributed by atoms with Gasteiger partial charge in [-0.15, -0.1) is 0 Å². The first-order valence-electron chi connectivity index (χ1n) is 6.41. The molecule has 0 fully saturated rings. The summed E-state index contributed by atoms with van der Waals surface area (Å²) in [4.78, 5) is 9.18. The second kappa shape index (κ2) is 7.04. The molecule has 1 rings (SSSR count). The fourth-order valence-electron chi connectivity index (χ4n) is 1.75. The van der Waals surface area contributed by atoms with Crippen molar-refractivity contribution in [3.05, 3.63) is 16.0 Å². The van der Waals surface area contributed by atoms with Gasteiger partial charge in [0.15, 0.2) is 5.82 Å². The first-order valence-corrected chi connectivity index (χ1v) is 7.21. The maximum absolute atomic E-state index is 5.68. The van der Waals surface area contributed by atoms with Crippen molar-refractivity contribution in [2.24, 2.45) is 0 Å². The molecular weight excluding hydrogens is 294 g/mol. The number of halogens is 1. The van der Waals surface area contributed by atoms with Crippen LogP contribution in [0.1, 0.15) is 57.7 Å². The van der Waals surface area contributed by atoms with Crippen molar-refractivity contribution in [3.63, 3.8) is 0 Å². The summed E-state index contributed by atoms with van der Waals surface area (Å²) in [6.07, 6.45) is 0.837. The van der Waals surface area contributed by atoms with Crippen molar-refractivity contribution in [2.75, 3.05) is 19.0 Å². The van der Waals surface area contributed by atoms with Crippen LogP contribution in [0.5, 0.6) is 0 Å². The first kappa shape index (κ1) is 15.4. The molecule has 0 saturated carbocycles. The van der Waals surface area contributed by atoms with Crippen LogP contribution in [0.2, 0.25) is 0 Å². The van der Waals surface area contributed by atoms with Crippen LogP contribution in [0.4, 0.5) is 5.82 Å². The van der Waals surface area contributed by atoms with Crippen LogP contribution in [-0.2, 0) is 4.74 Å². The Labute approximate surface area is 118 Å². The van der Waals surface area contributed by atoms with Gasteiger partial charge in [-0.25, -0.2) is 9.97 Å². The van der Waals surface area contributed by atoms with Gasteiger partial charge in [0.05, 0.1) is 10.2 Å². The molecule has 0 aliphatic rings. The molecule has 18 heavy (non-hydrogen) atoms. The van der Waals surface area contributed by atoms with Crippen molar-refractivity contribution < 1.29 is 4.74 Å². The number of nitrogens with one attached hydrogen (secondary N) is 1. The summed E-state index contributed by atoms with van der Waals surface area (Å²) >= 11 is 3.56. The molecule has 1 N–H and O–H groups in total. The van der Waals surface area contributed by atoms with Gasteiger partial charge in [0.1, 0.15) is 11.9 Å². The lowest BCUT2D eigenvalue weighted by Crippen LogP contribution is -2.12. The van der Waals surface area contributed by atoms with Gasteiger partial charge in [0.2, 0.25) is 0 Å². The summed E-state index contributed by atoms with van der Waals surface area (Å²) in [5.74, 6) is 1.92. The van der Waals surface area contributed by atoms with Crippen LogP contribution in [0, 0.1) is 0 Å². The summed E-state index contributed by atoms with van der Waals surface area (Å²) in [5, 5.41) is 3.10. The lowest BCUT2D eigenvalue weighted by Gasteiger charge is -2.18. The van der Waals surface area contributed by atoms with Crippen LogP contribution in [0.25, 0.3) is 0 Å². The van der Waals surface area contributed by atoms with Crippen LogP contribution in [0.15, 0.2) is 4.47 Å². The summed E-state index contributed by atoms with van der Waals surface area (Å²) in [6, 6.07) is 0. The maximum atomic E-state index is 5.68. The molecule has 0 spiro atoms. The monoisotopic (exact) mass is 315 g/mol. The lowest BCUT2D eigenvalue weighted by molar-refractivity contribution is 0.0533. The Hall–Kier alpha value is -0.680. The van der Waals surface area contributed by atoms with Crippen molar-refractivity contribution in [2.45, 2.75) is 46.1 Å². The number of nitrogens with zero attached hydrogens (tertiary/aromatic N) is 2. The zero-order valence-corrected chi connectivity index (χ0v) is 13.3. The summed E-state index contributed by atoms with van der Waals surface area (Å²) in [5.41, 5.74) is 1.02. The zero-order valence-electron chi connectivity index (χ0n) is 11.7. The topological polar surface area (TPSA) is 47.0 Å². The van der Waals surface area contributed by atoms with Gasteiger partial charge in [0, 0.05) is 13.7 Å². The minimum absolute atomic E-state index is 0.0345. The van der Waals surface area contributed by atoms with E-state index in [0.29, 0.717) is 12.5 Å². The van der Waals surface area contributed by atoms with Crippen molar-refractivity contribution in [3.8, 4) is 0 Å². The predicted octanol–water partition coefficient (Wildman–Crippen LogP) is 3.89. The average molecular weight is 316 g/mol. The summed E-state index contributed by atoms with van der Waals surface area (Å²) in [7, 11) is 1.86. The second-order valence-electron chi connectivity index (χ2n) is 4.39. The van der Waals surface area contributed by atoms with Crippen LogP contribution in [-0.4, -0.2) is 23.6 Å². The fourth-order valence-corrected chi connectivity index (χ4v) is 2.58. The van der Waals surface area contributed by atoms with Gasteiger partial charge in [-0.2, -0.15) is 0 Å². The quantitative estimate of drug-likeness (QED) is 0.865. The SMILES string of the molecule is CCOC(CC)c1nc(NC)c(Br)c(C(C)C)n1. The number of hydrogen-bond donors (Lipinski definition) is 1. The minimum Gasteiger partial charge on any atom is -0.372 e. The van der Waals surface area contributed by atoms with Crippen LogP contribution < -0.4 is 5.32 Å². The highest BCUT2D eigenvalue weighted by Crippen LogP contribution is 2.31. The minimum atomic E-state index is -0.0345. The van der Waals surface area contributed by atoms with Gasteiger partial charge >= 0.3 is 0 Å². The lowest BCUT2D eigenvalue weighted by atomic mass is 10.1. The molecule has 102 valence electrons. The van der Waals surface area contributed by atoms with E-state index in [1.165, 1.54) is 0 Å². The molecule has 0 amide bonds. The number of hydrogen-bond acceptors (Lipinski definition) is 4. The standard InChI is InChI=1S/C13H22BrN3O/c1-6-9(18-7-2)12-16-11(8(3)4)10(14)13(15-5)17-12/h8-9H,6-7H2,1-5H3,(H,15,16,17). The third-order valence-corrected chi connectivity index (χ3v) is 3.49. The predicted molar refractivity (Wildman–Crippen MR) is 78.0 cm³/mol. The molecule has 0 radical (unpaired) electrons. The third-order valence-electron chi connectivity index (χ3n) is 2.70. The largest absolute Gasteiger partial charge is 0.372 e. The van der Waals surface area contributed by atoms with E-state index in [4.69, 9.17) is 4.74 Å². The fraction of sp³-hybridized carbons (Fsp3) is 0.692. The van der Waals surface area contributed by atoms with Gasteiger partial charge in [-0.3, -0.25) is 0 Å². The second-order valence-corrected chi connectivity index (χ2v) is 5.18. The van der Waals surface area contributed by atoms with E-state index in [-0.39, 0.29) is 6.10 Å².